The Hall–Kier alpha value is -4.21. The number of urea groups is 1. The molecule has 2 amide bonds. The minimum Gasteiger partial charge on any atom is -0.457 e. The van der Waals surface area contributed by atoms with Gasteiger partial charge in [0.05, 0.1) is 18.8 Å². The molecule has 2 aliphatic heterocycles. The lowest BCUT2D eigenvalue weighted by molar-refractivity contribution is -0.276. The predicted octanol–water partition coefficient (Wildman–Crippen LogP) is 8.35. The summed E-state index contributed by atoms with van der Waals surface area (Å²) >= 11 is 0. The van der Waals surface area contributed by atoms with E-state index in [-0.39, 0.29) is 30.8 Å². The third-order valence-corrected chi connectivity index (χ3v) is 9.31. The van der Waals surface area contributed by atoms with Crippen LogP contribution in [-0.4, -0.2) is 41.8 Å². The van der Waals surface area contributed by atoms with E-state index in [1.165, 1.54) is 32.1 Å². The molecule has 3 N–H and O–H groups in total. The minimum atomic E-state index is -0.511. The highest BCUT2D eigenvalue weighted by Gasteiger charge is 2.39. The molecule has 4 aromatic carbocycles. The van der Waals surface area contributed by atoms with Crippen LogP contribution >= 0.6 is 0 Å². The molecule has 48 heavy (non-hydrogen) atoms. The normalized spacial score (nSPS) is 21.9. The van der Waals surface area contributed by atoms with E-state index in [1.807, 2.05) is 91.0 Å². The number of anilines is 1. The summed E-state index contributed by atoms with van der Waals surface area (Å²) in [6.07, 6.45) is 5.75. The van der Waals surface area contributed by atoms with Gasteiger partial charge in [0.25, 0.3) is 0 Å². The fraction of sp³-hybridized carbons (Fsp3) is 0.375. The van der Waals surface area contributed by atoms with Crippen LogP contribution in [0.15, 0.2) is 103 Å². The molecule has 0 aromatic heterocycles. The number of benzene rings is 4. The van der Waals surface area contributed by atoms with Crippen LogP contribution in [0.5, 0.6) is 11.5 Å². The summed E-state index contributed by atoms with van der Waals surface area (Å²) < 4.78 is 19.2. The number of aliphatic hydroxyl groups excluding tert-OH is 1. The molecule has 4 unspecified atom stereocenters. The van der Waals surface area contributed by atoms with Gasteiger partial charge in [-0.15, -0.1) is 0 Å². The molecule has 8 nitrogen and oxygen atoms in total. The van der Waals surface area contributed by atoms with Crippen molar-refractivity contribution in [1.29, 1.82) is 0 Å². The molecular formula is C40H47N3O5. The Kier molecular flexibility index (Phi) is 11.8. The Morgan fingerprint density at radius 2 is 1.40 bits per heavy atom. The van der Waals surface area contributed by atoms with Gasteiger partial charge in [0.1, 0.15) is 11.5 Å². The van der Waals surface area contributed by atoms with Crippen molar-refractivity contribution < 1.29 is 24.1 Å². The van der Waals surface area contributed by atoms with Gasteiger partial charge in [0, 0.05) is 30.3 Å². The van der Waals surface area contributed by atoms with Crippen LogP contribution in [0.25, 0.3) is 0 Å². The average Bonchev–Trinajstić information content (AvgIpc) is 3.11. The number of amides is 2. The molecule has 4 atom stereocenters. The van der Waals surface area contributed by atoms with E-state index in [9.17, 15) is 9.90 Å². The van der Waals surface area contributed by atoms with Crippen molar-refractivity contribution in [1.82, 2.24) is 10.2 Å². The molecule has 252 valence electrons. The number of rotatable bonds is 10. The van der Waals surface area contributed by atoms with E-state index in [0.29, 0.717) is 18.0 Å². The maximum atomic E-state index is 12.6. The van der Waals surface area contributed by atoms with Gasteiger partial charge >= 0.3 is 6.03 Å². The summed E-state index contributed by atoms with van der Waals surface area (Å²) in [7, 11) is 0. The third-order valence-electron chi connectivity index (χ3n) is 9.31. The van der Waals surface area contributed by atoms with Crippen molar-refractivity contribution in [3.8, 4) is 11.5 Å². The maximum absolute atomic E-state index is 12.6. The summed E-state index contributed by atoms with van der Waals surface area (Å²) in [5, 5.41) is 15.4. The van der Waals surface area contributed by atoms with E-state index >= 15 is 0 Å². The SMILES string of the molecule is CC1C(CN2CCCCCCC2)OC(c2ccc(CNC(=O)Nc3ccc(Oc4ccccc4)cc3)cc2)OC1c1ccc(CO)cc1. The summed E-state index contributed by atoms with van der Waals surface area (Å²) in [4.78, 5) is 15.2. The molecule has 0 aliphatic carbocycles. The van der Waals surface area contributed by atoms with Crippen molar-refractivity contribution in [2.75, 3.05) is 25.0 Å². The number of ether oxygens (including phenoxy) is 3. The van der Waals surface area contributed by atoms with Gasteiger partial charge in [-0.2, -0.15) is 0 Å². The molecule has 0 bridgehead atoms. The first kappa shape index (κ1) is 33.7. The zero-order chi connectivity index (χ0) is 33.1. The second kappa shape index (κ2) is 16.8. The second-order valence-electron chi connectivity index (χ2n) is 12.9. The molecule has 0 saturated carbocycles. The number of nitrogens with one attached hydrogen (secondary N) is 2. The molecule has 0 spiro atoms. The van der Waals surface area contributed by atoms with Gasteiger partial charge in [-0.25, -0.2) is 4.79 Å². The molecule has 2 fully saturated rings. The number of carbonyl (C=O) groups is 1. The van der Waals surface area contributed by atoms with Crippen molar-refractivity contribution in [3.05, 3.63) is 125 Å². The highest BCUT2D eigenvalue weighted by Crippen LogP contribution is 2.42. The van der Waals surface area contributed by atoms with E-state index < -0.39 is 6.29 Å². The summed E-state index contributed by atoms with van der Waals surface area (Å²) in [5.74, 6) is 1.61. The van der Waals surface area contributed by atoms with Crippen LogP contribution < -0.4 is 15.4 Å². The molecule has 6 rings (SSSR count). The highest BCUT2D eigenvalue weighted by molar-refractivity contribution is 5.89. The van der Waals surface area contributed by atoms with E-state index in [1.54, 1.807) is 0 Å². The topological polar surface area (TPSA) is 92.3 Å². The van der Waals surface area contributed by atoms with Gasteiger partial charge in [-0.05, 0) is 79.0 Å². The predicted molar refractivity (Wildman–Crippen MR) is 188 cm³/mol. The summed E-state index contributed by atoms with van der Waals surface area (Å²) in [6, 6.07) is 32.7. The Morgan fingerprint density at radius 3 is 2.08 bits per heavy atom. The lowest BCUT2D eigenvalue weighted by Gasteiger charge is -2.43. The number of carbonyl (C=O) groups excluding carboxylic acids is 1. The number of aliphatic hydroxyl groups is 1. The lowest BCUT2D eigenvalue weighted by Crippen LogP contribution is -2.45. The molecule has 0 radical (unpaired) electrons. The number of para-hydroxylation sites is 1. The standard InChI is InChI=1S/C40H47N3O5/c1-29-37(27-43-24-8-3-2-4-9-25-43)47-39(48-38(29)32-16-14-31(28-44)15-17-32)33-18-12-30(13-19-33)26-41-40(45)42-34-20-22-36(23-21-34)46-35-10-6-5-7-11-35/h5-7,10-23,29,37-39,44H,2-4,8-9,24-28H2,1H3,(H2,41,42,45). The Bertz CT molecular complexity index is 1560. The molecule has 2 heterocycles. The molecular weight excluding hydrogens is 602 g/mol. The quantitative estimate of drug-likeness (QED) is 0.160. The van der Waals surface area contributed by atoms with Crippen molar-refractivity contribution in [2.45, 2.75) is 70.7 Å². The highest BCUT2D eigenvalue weighted by atomic mass is 16.7. The number of hydrogen-bond acceptors (Lipinski definition) is 6. The zero-order valence-corrected chi connectivity index (χ0v) is 27.7. The fourth-order valence-corrected chi connectivity index (χ4v) is 6.46. The molecule has 2 aliphatic rings. The summed E-state index contributed by atoms with van der Waals surface area (Å²) in [5.41, 5.74) is 4.57. The van der Waals surface area contributed by atoms with Gasteiger partial charge < -0.3 is 34.9 Å². The van der Waals surface area contributed by atoms with Gasteiger partial charge in [-0.1, -0.05) is 92.9 Å². The Balaban J connectivity index is 1.07. The van der Waals surface area contributed by atoms with Crippen LogP contribution in [0.3, 0.4) is 0 Å². The van der Waals surface area contributed by atoms with E-state index in [0.717, 1.165) is 47.6 Å². The van der Waals surface area contributed by atoms with Crippen LogP contribution in [0, 0.1) is 5.92 Å². The first-order chi connectivity index (χ1) is 23.5. The van der Waals surface area contributed by atoms with Gasteiger partial charge in [0.15, 0.2) is 6.29 Å². The Labute approximate surface area is 284 Å². The van der Waals surface area contributed by atoms with Crippen LogP contribution in [0.1, 0.15) is 73.7 Å². The van der Waals surface area contributed by atoms with Crippen LogP contribution in [-0.2, 0) is 22.6 Å². The third kappa shape index (κ3) is 9.23. The maximum Gasteiger partial charge on any atom is 0.319 e. The lowest BCUT2D eigenvalue weighted by atomic mass is 9.89. The smallest absolute Gasteiger partial charge is 0.319 e. The zero-order valence-electron chi connectivity index (χ0n) is 27.7. The fourth-order valence-electron chi connectivity index (χ4n) is 6.46. The average molecular weight is 650 g/mol. The van der Waals surface area contributed by atoms with E-state index in [4.69, 9.17) is 14.2 Å². The first-order valence-corrected chi connectivity index (χ1v) is 17.2. The van der Waals surface area contributed by atoms with Crippen LogP contribution in [0.2, 0.25) is 0 Å². The number of hydrogen-bond donors (Lipinski definition) is 3. The molecule has 8 heteroatoms. The molecule has 4 aromatic rings. The number of likely N-dealkylation sites (tertiary alicyclic amines) is 1. The summed E-state index contributed by atoms with van der Waals surface area (Å²) in [6.45, 7) is 5.72. The van der Waals surface area contributed by atoms with Crippen LogP contribution in [0.4, 0.5) is 10.5 Å². The molecule has 2 saturated heterocycles. The largest absolute Gasteiger partial charge is 0.457 e. The second-order valence-corrected chi connectivity index (χ2v) is 12.9. The van der Waals surface area contributed by atoms with Gasteiger partial charge in [-0.3, -0.25) is 0 Å². The number of nitrogens with zero attached hydrogens (tertiary/aromatic N) is 1. The van der Waals surface area contributed by atoms with Crippen molar-refractivity contribution in [3.63, 3.8) is 0 Å². The minimum absolute atomic E-state index is 0.00898. The van der Waals surface area contributed by atoms with Crippen molar-refractivity contribution >= 4 is 11.7 Å². The van der Waals surface area contributed by atoms with Crippen molar-refractivity contribution in [2.24, 2.45) is 5.92 Å². The van der Waals surface area contributed by atoms with Gasteiger partial charge in [0.2, 0.25) is 0 Å². The monoisotopic (exact) mass is 649 g/mol. The van der Waals surface area contributed by atoms with E-state index in [2.05, 4.69) is 34.6 Å². The Morgan fingerprint density at radius 1 is 0.771 bits per heavy atom. The first-order valence-electron chi connectivity index (χ1n) is 17.2.